The van der Waals surface area contributed by atoms with E-state index in [0.29, 0.717) is 5.69 Å². The fourth-order valence-corrected chi connectivity index (χ4v) is 1.65. The van der Waals surface area contributed by atoms with Gasteiger partial charge in [-0.25, -0.2) is 4.98 Å². The van der Waals surface area contributed by atoms with Crippen LogP contribution in [0.5, 0.6) is 0 Å². The maximum Gasteiger partial charge on any atom is 0.309 e. The first-order chi connectivity index (χ1) is 7.66. The van der Waals surface area contributed by atoms with Gasteiger partial charge in [0.1, 0.15) is 5.82 Å². The predicted molar refractivity (Wildman–Crippen MR) is 60.1 cm³/mol. The molecule has 1 aromatic heterocycles. The van der Waals surface area contributed by atoms with Gasteiger partial charge in [-0.1, -0.05) is 30.3 Å². The summed E-state index contributed by atoms with van der Waals surface area (Å²) in [5.74, 6) is -0.129. The van der Waals surface area contributed by atoms with Crippen LogP contribution in [0.2, 0.25) is 0 Å². The van der Waals surface area contributed by atoms with Gasteiger partial charge in [-0.2, -0.15) is 0 Å². The summed E-state index contributed by atoms with van der Waals surface area (Å²) in [6.45, 7) is 1.82. The first kappa shape index (κ1) is 10.4. The maximum atomic E-state index is 10.7. The smallest absolute Gasteiger partial charge is 0.309 e. The predicted octanol–water partition coefficient (Wildman–Crippen LogP) is 2.01. The second-order valence-electron chi connectivity index (χ2n) is 3.59. The molecule has 4 heteroatoms. The van der Waals surface area contributed by atoms with Gasteiger partial charge in [-0.3, -0.25) is 4.79 Å². The number of H-pyrrole nitrogens is 1. The highest BCUT2D eigenvalue weighted by atomic mass is 16.4. The van der Waals surface area contributed by atoms with Crippen LogP contribution < -0.4 is 0 Å². The molecule has 1 heterocycles. The number of nitrogens with one attached hydrogen (secondary N) is 1. The molecule has 2 rings (SSSR count). The van der Waals surface area contributed by atoms with Gasteiger partial charge in [-0.05, 0) is 6.92 Å². The van der Waals surface area contributed by atoms with Crippen molar-refractivity contribution in [3.63, 3.8) is 0 Å². The number of nitrogens with zero attached hydrogens (tertiary/aromatic N) is 1. The molecule has 0 saturated carbocycles. The van der Waals surface area contributed by atoms with Crippen LogP contribution in [0.1, 0.15) is 11.5 Å². The highest BCUT2D eigenvalue weighted by Crippen LogP contribution is 2.21. The molecule has 0 aliphatic rings. The Hall–Kier alpha value is -2.10. The Morgan fingerprint density at radius 2 is 2.06 bits per heavy atom. The zero-order valence-corrected chi connectivity index (χ0v) is 8.90. The highest BCUT2D eigenvalue weighted by molar-refractivity contribution is 5.74. The van der Waals surface area contributed by atoms with Crippen molar-refractivity contribution in [2.24, 2.45) is 0 Å². The van der Waals surface area contributed by atoms with E-state index in [2.05, 4.69) is 9.97 Å². The number of aromatic nitrogens is 2. The van der Waals surface area contributed by atoms with Gasteiger partial charge < -0.3 is 10.1 Å². The Kier molecular flexibility index (Phi) is 2.72. The number of imidazole rings is 1. The standard InChI is InChI=1S/C12H12N2O2/c1-8-13-10(7-11(15)16)12(14-8)9-5-3-2-4-6-9/h2-6H,7H2,1H3,(H,13,14)(H,15,16). The minimum Gasteiger partial charge on any atom is -0.481 e. The summed E-state index contributed by atoms with van der Waals surface area (Å²) in [4.78, 5) is 18.0. The van der Waals surface area contributed by atoms with E-state index < -0.39 is 5.97 Å². The molecule has 0 aliphatic carbocycles. The molecule has 4 nitrogen and oxygen atoms in total. The molecule has 0 saturated heterocycles. The first-order valence-electron chi connectivity index (χ1n) is 4.99. The number of benzene rings is 1. The zero-order chi connectivity index (χ0) is 11.5. The normalized spacial score (nSPS) is 10.3. The molecule has 1 aromatic carbocycles. The summed E-state index contributed by atoms with van der Waals surface area (Å²) in [6, 6.07) is 9.57. The van der Waals surface area contributed by atoms with Crippen molar-refractivity contribution >= 4 is 5.97 Å². The first-order valence-corrected chi connectivity index (χ1v) is 4.99. The lowest BCUT2D eigenvalue weighted by molar-refractivity contribution is -0.136. The fraction of sp³-hybridized carbons (Fsp3) is 0.167. The van der Waals surface area contributed by atoms with E-state index in [1.54, 1.807) is 0 Å². The van der Waals surface area contributed by atoms with Crippen molar-refractivity contribution in [2.45, 2.75) is 13.3 Å². The molecule has 0 bridgehead atoms. The number of carboxylic acid groups (broad SMARTS) is 1. The number of aliphatic carboxylic acids is 1. The van der Waals surface area contributed by atoms with E-state index >= 15 is 0 Å². The zero-order valence-electron chi connectivity index (χ0n) is 8.90. The van der Waals surface area contributed by atoms with Crippen LogP contribution in [0.15, 0.2) is 30.3 Å². The molecular weight excluding hydrogens is 204 g/mol. The third-order valence-electron chi connectivity index (χ3n) is 2.27. The van der Waals surface area contributed by atoms with Gasteiger partial charge in [0, 0.05) is 5.56 Å². The second kappa shape index (κ2) is 4.18. The molecule has 0 aliphatic heterocycles. The molecule has 0 unspecified atom stereocenters. The van der Waals surface area contributed by atoms with E-state index in [1.807, 2.05) is 37.3 Å². The number of carbonyl (C=O) groups is 1. The average molecular weight is 216 g/mol. The van der Waals surface area contributed by atoms with Gasteiger partial charge in [0.25, 0.3) is 0 Å². The minimum atomic E-state index is -0.860. The van der Waals surface area contributed by atoms with E-state index in [1.165, 1.54) is 0 Å². The topological polar surface area (TPSA) is 66.0 Å². The molecule has 2 N–H and O–H groups in total. The van der Waals surface area contributed by atoms with Crippen LogP contribution in [0.25, 0.3) is 11.3 Å². The quantitative estimate of drug-likeness (QED) is 0.824. The number of hydrogen-bond acceptors (Lipinski definition) is 2. The van der Waals surface area contributed by atoms with Gasteiger partial charge in [0.05, 0.1) is 17.8 Å². The molecule has 0 atom stereocenters. The molecule has 0 amide bonds. The number of hydrogen-bond donors (Lipinski definition) is 2. The van der Waals surface area contributed by atoms with Crippen LogP contribution in [0.3, 0.4) is 0 Å². The molecule has 0 radical (unpaired) electrons. The Balaban J connectivity index is 2.44. The molecule has 82 valence electrons. The van der Waals surface area contributed by atoms with Crippen molar-refractivity contribution in [3.05, 3.63) is 41.9 Å². The monoisotopic (exact) mass is 216 g/mol. The third-order valence-corrected chi connectivity index (χ3v) is 2.27. The molecule has 0 spiro atoms. The summed E-state index contributed by atoms with van der Waals surface area (Å²) in [5.41, 5.74) is 2.31. The lowest BCUT2D eigenvalue weighted by Gasteiger charge is -1.99. The Bertz CT molecular complexity index is 503. The van der Waals surface area contributed by atoms with Crippen molar-refractivity contribution in [1.82, 2.24) is 9.97 Å². The lowest BCUT2D eigenvalue weighted by Crippen LogP contribution is -2.01. The van der Waals surface area contributed by atoms with E-state index in [-0.39, 0.29) is 6.42 Å². The molecule has 16 heavy (non-hydrogen) atoms. The Morgan fingerprint density at radius 1 is 1.38 bits per heavy atom. The third kappa shape index (κ3) is 2.11. The minimum absolute atomic E-state index is 0.0366. The van der Waals surface area contributed by atoms with Crippen molar-refractivity contribution in [1.29, 1.82) is 0 Å². The van der Waals surface area contributed by atoms with Crippen LogP contribution in [-0.4, -0.2) is 21.0 Å². The van der Waals surface area contributed by atoms with Gasteiger partial charge in [-0.15, -0.1) is 0 Å². The molecular formula is C12H12N2O2. The van der Waals surface area contributed by atoms with Crippen LogP contribution in [-0.2, 0) is 11.2 Å². The SMILES string of the molecule is Cc1nc(-c2ccccc2)c(CC(=O)O)[nH]1. The number of carboxylic acids is 1. The lowest BCUT2D eigenvalue weighted by atomic mass is 10.1. The van der Waals surface area contributed by atoms with Gasteiger partial charge in [0.2, 0.25) is 0 Å². The number of rotatable bonds is 3. The average Bonchev–Trinajstić information content (AvgIpc) is 2.60. The Morgan fingerprint density at radius 3 is 2.69 bits per heavy atom. The summed E-state index contributed by atoms with van der Waals surface area (Å²) < 4.78 is 0. The maximum absolute atomic E-state index is 10.7. The van der Waals surface area contributed by atoms with E-state index in [9.17, 15) is 4.79 Å². The fourth-order valence-electron chi connectivity index (χ4n) is 1.65. The van der Waals surface area contributed by atoms with E-state index in [0.717, 1.165) is 17.1 Å². The van der Waals surface area contributed by atoms with Gasteiger partial charge >= 0.3 is 5.97 Å². The van der Waals surface area contributed by atoms with Crippen LogP contribution in [0.4, 0.5) is 0 Å². The largest absolute Gasteiger partial charge is 0.481 e. The van der Waals surface area contributed by atoms with Crippen molar-refractivity contribution < 1.29 is 9.90 Å². The number of aryl methyl sites for hydroxylation is 1. The Labute approximate surface area is 93.0 Å². The molecule has 2 aromatic rings. The summed E-state index contributed by atoms with van der Waals surface area (Å²) >= 11 is 0. The summed E-state index contributed by atoms with van der Waals surface area (Å²) in [7, 11) is 0. The second-order valence-corrected chi connectivity index (χ2v) is 3.59. The van der Waals surface area contributed by atoms with E-state index in [4.69, 9.17) is 5.11 Å². The van der Waals surface area contributed by atoms with Crippen LogP contribution in [0, 0.1) is 6.92 Å². The molecule has 0 fully saturated rings. The number of aromatic amines is 1. The highest BCUT2D eigenvalue weighted by Gasteiger charge is 2.12. The van der Waals surface area contributed by atoms with Crippen LogP contribution >= 0.6 is 0 Å². The van der Waals surface area contributed by atoms with Crippen molar-refractivity contribution in [3.8, 4) is 11.3 Å². The summed E-state index contributed by atoms with van der Waals surface area (Å²) in [6.07, 6.45) is -0.0366. The summed E-state index contributed by atoms with van der Waals surface area (Å²) in [5, 5.41) is 8.80. The van der Waals surface area contributed by atoms with Crippen molar-refractivity contribution in [2.75, 3.05) is 0 Å². The van der Waals surface area contributed by atoms with Gasteiger partial charge in [0.15, 0.2) is 0 Å².